The largest absolute Gasteiger partial charge is 0.377 e. The van der Waals surface area contributed by atoms with E-state index in [2.05, 4.69) is 4.99 Å². The summed E-state index contributed by atoms with van der Waals surface area (Å²) in [4.78, 5) is 14.2. The van der Waals surface area contributed by atoms with Gasteiger partial charge in [0.2, 0.25) is 6.08 Å². The van der Waals surface area contributed by atoms with E-state index in [0.29, 0.717) is 0 Å². The second kappa shape index (κ2) is 4.20. The molecule has 1 aliphatic rings. The maximum absolute atomic E-state index is 10.3. The van der Waals surface area contributed by atoms with Crippen LogP contribution in [0.4, 0.5) is 0 Å². The maximum Gasteiger partial charge on any atom is 0.235 e. The predicted molar refractivity (Wildman–Crippen MR) is 60.9 cm³/mol. The molecular formula is C13H15NO2. The third-order valence-corrected chi connectivity index (χ3v) is 3.25. The maximum atomic E-state index is 10.3. The first kappa shape index (κ1) is 11.1. The van der Waals surface area contributed by atoms with Gasteiger partial charge >= 0.3 is 0 Å². The first-order chi connectivity index (χ1) is 7.72. The minimum absolute atomic E-state index is 0.0961. The molecule has 1 aromatic rings. The van der Waals surface area contributed by atoms with Crippen LogP contribution in [0.15, 0.2) is 29.3 Å². The van der Waals surface area contributed by atoms with Crippen LogP contribution in [0.3, 0.4) is 0 Å². The van der Waals surface area contributed by atoms with E-state index >= 15 is 0 Å². The van der Waals surface area contributed by atoms with Crippen LogP contribution in [0.5, 0.6) is 0 Å². The fourth-order valence-electron chi connectivity index (χ4n) is 1.87. The molecular weight excluding hydrogens is 202 g/mol. The van der Waals surface area contributed by atoms with Crippen LogP contribution >= 0.6 is 0 Å². The lowest BCUT2D eigenvalue weighted by atomic mass is 10.0. The monoisotopic (exact) mass is 217 g/mol. The molecule has 0 saturated heterocycles. The number of methoxy groups -OCH3 is 1. The molecule has 1 aromatic carbocycles. The van der Waals surface area contributed by atoms with E-state index in [1.807, 2.05) is 31.2 Å². The summed E-state index contributed by atoms with van der Waals surface area (Å²) in [6.07, 6.45) is 3.66. The number of hydrogen-bond donors (Lipinski definition) is 0. The van der Waals surface area contributed by atoms with Crippen molar-refractivity contribution in [3.8, 4) is 0 Å². The Bertz CT molecular complexity index is 414. The molecule has 0 N–H and O–H groups in total. The van der Waals surface area contributed by atoms with Crippen molar-refractivity contribution in [3.63, 3.8) is 0 Å². The Balaban J connectivity index is 2.23. The zero-order valence-corrected chi connectivity index (χ0v) is 9.56. The molecule has 0 aliphatic heterocycles. The van der Waals surface area contributed by atoms with Crippen molar-refractivity contribution in [2.45, 2.75) is 31.4 Å². The number of ether oxygens (including phenoxy) is 1. The Hall–Kier alpha value is -1.44. The number of isocyanates is 1. The van der Waals surface area contributed by atoms with Gasteiger partial charge in [-0.2, -0.15) is 4.99 Å². The Morgan fingerprint density at radius 2 is 2.00 bits per heavy atom. The van der Waals surface area contributed by atoms with Gasteiger partial charge in [0.1, 0.15) is 0 Å². The van der Waals surface area contributed by atoms with Gasteiger partial charge in [-0.3, -0.25) is 0 Å². The minimum atomic E-state index is -0.267. The Labute approximate surface area is 95.2 Å². The number of aliphatic imine (C=N–C) groups is 1. The van der Waals surface area contributed by atoms with Crippen LogP contribution in [0.1, 0.15) is 37.0 Å². The number of benzene rings is 1. The van der Waals surface area contributed by atoms with Crippen molar-refractivity contribution >= 4 is 6.08 Å². The molecule has 1 aliphatic carbocycles. The molecule has 0 heterocycles. The Morgan fingerprint density at radius 3 is 2.44 bits per heavy atom. The molecule has 0 bridgehead atoms. The third-order valence-electron chi connectivity index (χ3n) is 3.25. The molecule has 3 heteroatoms. The van der Waals surface area contributed by atoms with Crippen molar-refractivity contribution in [1.82, 2.24) is 0 Å². The summed E-state index contributed by atoms with van der Waals surface area (Å²) in [5, 5.41) is 0. The van der Waals surface area contributed by atoms with Crippen molar-refractivity contribution in [2.75, 3.05) is 7.11 Å². The van der Waals surface area contributed by atoms with Gasteiger partial charge in [-0.25, -0.2) is 4.79 Å². The molecule has 16 heavy (non-hydrogen) atoms. The highest BCUT2D eigenvalue weighted by Gasteiger charge is 2.44. The molecule has 3 nitrogen and oxygen atoms in total. The van der Waals surface area contributed by atoms with Crippen LogP contribution in [-0.4, -0.2) is 13.2 Å². The van der Waals surface area contributed by atoms with Crippen molar-refractivity contribution in [1.29, 1.82) is 0 Å². The van der Waals surface area contributed by atoms with Crippen LogP contribution in [0, 0.1) is 0 Å². The van der Waals surface area contributed by atoms with Crippen LogP contribution < -0.4 is 0 Å². The summed E-state index contributed by atoms with van der Waals surface area (Å²) in [7, 11) is 1.69. The van der Waals surface area contributed by atoms with Crippen LogP contribution in [-0.2, 0) is 15.1 Å². The molecule has 0 radical (unpaired) electrons. The first-order valence-corrected chi connectivity index (χ1v) is 5.44. The highest BCUT2D eigenvalue weighted by molar-refractivity contribution is 5.42. The average Bonchev–Trinajstić information content (AvgIpc) is 3.10. The molecule has 1 fully saturated rings. The molecule has 0 spiro atoms. The molecule has 2 rings (SSSR count). The summed E-state index contributed by atoms with van der Waals surface area (Å²) >= 11 is 0. The molecule has 1 saturated carbocycles. The summed E-state index contributed by atoms with van der Waals surface area (Å²) in [6.45, 7) is 2.01. The molecule has 0 aromatic heterocycles. The zero-order valence-electron chi connectivity index (χ0n) is 9.56. The zero-order chi connectivity index (χ0) is 11.6. The number of rotatable bonds is 4. The number of carbonyl (C=O) groups excluding carboxylic acids is 1. The first-order valence-electron chi connectivity index (χ1n) is 5.44. The van der Waals surface area contributed by atoms with E-state index in [-0.39, 0.29) is 11.6 Å². The van der Waals surface area contributed by atoms with Gasteiger partial charge in [-0.1, -0.05) is 24.3 Å². The molecule has 0 amide bonds. The third kappa shape index (κ3) is 1.92. The van der Waals surface area contributed by atoms with E-state index in [1.165, 1.54) is 0 Å². The Kier molecular flexibility index (Phi) is 2.90. The van der Waals surface area contributed by atoms with Crippen molar-refractivity contribution in [2.24, 2.45) is 4.99 Å². The SMILES string of the molecule is COC(C)c1ccc(C2(N=C=O)CC2)cc1. The normalized spacial score (nSPS) is 18.6. The van der Waals surface area contributed by atoms with Crippen LogP contribution in [0.25, 0.3) is 0 Å². The fraction of sp³-hybridized carbons (Fsp3) is 0.462. The van der Waals surface area contributed by atoms with E-state index in [0.717, 1.165) is 24.0 Å². The lowest BCUT2D eigenvalue weighted by Crippen LogP contribution is -2.03. The van der Waals surface area contributed by atoms with Gasteiger partial charge < -0.3 is 4.74 Å². The molecule has 84 valence electrons. The summed E-state index contributed by atoms with van der Waals surface area (Å²) in [6, 6.07) is 8.12. The van der Waals surface area contributed by atoms with Gasteiger partial charge in [-0.05, 0) is 30.9 Å². The topological polar surface area (TPSA) is 38.7 Å². The van der Waals surface area contributed by atoms with Crippen molar-refractivity contribution in [3.05, 3.63) is 35.4 Å². The van der Waals surface area contributed by atoms with E-state index in [4.69, 9.17) is 4.74 Å². The number of hydrogen-bond acceptors (Lipinski definition) is 3. The van der Waals surface area contributed by atoms with Crippen molar-refractivity contribution < 1.29 is 9.53 Å². The van der Waals surface area contributed by atoms with Gasteiger partial charge in [0, 0.05) is 7.11 Å². The predicted octanol–water partition coefficient (Wildman–Crippen LogP) is 2.72. The quantitative estimate of drug-likeness (QED) is 0.574. The standard InChI is InChI=1S/C13H15NO2/c1-10(16-2)11-3-5-12(6-4-11)13(7-8-13)14-9-15/h3-6,10H,7-8H2,1-2H3. The van der Waals surface area contributed by atoms with E-state index < -0.39 is 0 Å². The summed E-state index contributed by atoms with van der Waals surface area (Å²) in [5.41, 5.74) is 1.97. The Morgan fingerprint density at radius 1 is 1.38 bits per heavy atom. The molecule has 1 atom stereocenters. The minimum Gasteiger partial charge on any atom is -0.377 e. The van der Waals surface area contributed by atoms with Gasteiger partial charge in [0.15, 0.2) is 0 Å². The lowest BCUT2D eigenvalue weighted by molar-refractivity contribution is 0.119. The lowest BCUT2D eigenvalue weighted by Gasteiger charge is -2.12. The smallest absolute Gasteiger partial charge is 0.235 e. The van der Waals surface area contributed by atoms with Gasteiger partial charge in [0.05, 0.1) is 11.6 Å². The summed E-state index contributed by atoms with van der Waals surface area (Å²) in [5.74, 6) is 0. The highest BCUT2D eigenvalue weighted by Crippen LogP contribution is 2.49. The summed E-state index contributed by atoms with van der Waals surface area (Å²) < 4.78 is 5.24. The van der Waals surface area contributed by atoms with Gasteiger partial charge in [0.25, 0.3) is 0 Å². The van der Waals surface area contributed by atoms with E-state index in [1.54, 1.807) is 13.2 Å². The van der Waals surface area contributed by atoms with E-state index in [9.17, 15) is 4.79 Å². The average molecular weight is 217 g/mol. The second-order valence-electron chi connectivity index (χ2n) is 4.23. The molecule has 1 unspecified atom stereocenters. The second-order valence-corrected chi connectivity index (χ2v) is 4.23. The highest BCUT2D eigenvalue weighted by atomic mass is 16.5. The fourth-order valence-corrected chi connectivity index (χ4v) is 1.87. The van der Waals surface area contributed by atoms with Gasteiger partial charge in [-0.15, -0.1) is 0 Å². The van der Waals surface area contributed by atoms with Crippen LogP contribution in [0.2, 0.25) is 0 Å². The number of nitrogens with zero attached hydrogens (tertiary/aromatic N) is 1.